The lowest BCUT2D eigenvalue weighted by molar-refractivity contribution is -0.142. The predicted octanol–water partition coefficient (Wildman–Crippen LogP) is 3.35. The van der Waals surface area contributed by atoms with Crippen molar-refractivity contribution in [2.75, 3.05) is 19.7 Å². The number of furan rings is 1. The molecule has 0 bridgehead atoms. The van der Waals surface area contributed by atoms with Crippen molar-refractivity contribution >= 4 is 17.7 Å². The van der Waals surface area contributed by atoms with Gasteiger partial charge in [0.2, 0.25) is 11.8 Å². The number of rotatable bonds is 9. The SMILES string of the molecule is O=C(NCC(=O)N(C[C@@H]1CCCO1)[C@@H](C(=O)NC1CCCCC1)c1ccc(F)cc1)c1ccco1. The van der Waals surface area contributed by atoms with Crippen LogP contribution in [0.2, 0.25) is 0 Å². The maximum atomic E-state index is 13.7. The number of hydrogen-bond donors (Lipinski definition) is 2. The molecule has 2 atom stereocenters. The summed E-state index contributed by atoms with van der Waals surface area (Å²) in [6.45, 7) is 0.466. The van der Waals surface area contributed by atoms with E-state index in [-0.39, 0.29) is 36.9 Å². The average Bonchev–Trinajstić information content (AvgIpc) is 3.58. The number of ether oxygens (including phenoxy) is 1. The largest absolute Gasteiger partial charge is 0.459 e. The lowest BCUT2D eigenvalue weighted by atomic mass is 9.94. The second-order valence-corrected chi connectivity index (χ2v) is 9.14. The van der Waals surface area contributed by atoms with E-state index in [9.17, 15) is 18.8 Å². The summed E-state index contributed by atoms with van der Waals surface area (Å²) in [5.74, 6) is -1.61. The zero-order valence-corrected chi connectivity index (χ0v) is 19.7. The molecular weight excluding hydrogens is 453 g/mol. The number of nitrogens with one attached hydrogen (secondary N) is 2. The van der Waals surface area contributed by atoms with Crippen molar-refractivity contribution in [3.8, 4) is 0 Å². The van der Waals surface area contributed by atoms with Crippen molar-refractivity contribution in [3.63, 3.8) is 0 Å². The third-order valence-electron chi connectivity index (χ3n) is 6.59. The van der Waals surface area contributed by atoms with Crippen LogP contribution in [-0.2, 0) is 14.3 Å². The van der Waals surface area contributed by atoms with E-state index in [0.29, 0.717) is 12.2 Å². The van der Waals surface area contributed by atoms with Crippen molar-refractivity contribution in [1.29, 1.82) is 0 Å². The Balaban J connectivity index is 1.57. The molecule has 1 aliphatic heterocycles. The van der Waals surface area contributed by atoms with E-state index < -0.39 is 23.7 Å². The monoisotopic (exact) mass is 485 g/mol. The van der Waals surface area contributed by atoms with Gasteiger partial charge >= 0.3 is 0 Å². The highest BCUT2D eigenvalue weighted by Gasteiger charge is 2.35. The summed E-state index contributed by atoms with van der Waals surface area (Å²) in [5.41, 5.74) is 0.503. The number of nitrogens with zero attached hydrogens (tertiary/aromatic N) is 1. The van der Waals surface area contributed by atoms with Crippen LogP contribution >= 0.6 is 0 Å². The molecule has 3 amide bonds. The van der Waals surface area contributed by atoms with Gasteiger partial charge in [0.1, 0.15) is 11.9 Å². The van der Waals surface area contributed by atoms with Gasteiger partial charge in [0, 0.05) is 19.2 Å². The van der Waals surface area contributed by atoms with Gasteiger partial charge in [0.25, 0.3) is 5.91 Å². The molecule has 1 aromatic heterocycles. The number of benzene rings is 1. The predicted molar refractivity (Wildman–Crippen MR) is 126 cm³/mol. The Morgan fingerprint density at radius 1 is 1.03 bits per heavy atom. The number of carbonyl (C=O) groups excluding carboxylic acids is 3. The van der Waals surface area contributed by atoms with E-state index in [4.69, 9.17) is 9.15 Å². The molecule has 35 heavy (non-hydrogen) atoms. The fourth-order valence-corrected chi connectivity index (χ4v) is 4.76. The summed E-state index contributed by atoms with van der Waals surface area (Å²) < 4.78 is 24.6. The summed E-state index contributed by atoms with van der Waals surface area (Å²) in [4.78, 5) is 40.8. The Labute approximate surface area is 204 Å². The summed E-state index contributed by atoms with van der Waals surface area (Å²) in [7, 11) is 0. The molecule has 188 valence electrons. The average molecular weight is 486 g/mol. The molecule has 9 heteroatoms. The van der Waals surface area contributed by atoms with Gasteiger partial charge in [0.05, 0.1) is 18.9 Å². The molecule has 0 radical (unpaired) electrons. The van der Waals surface area contributed by atoms with Gasteiger partial charge in [-0.25, -0.2) is 4.39 Å². The van der Waals surface area contributed by atoms with Gasteiger partial charge in [0.15, 0.2) is 5.76 Å². The van der Waals surface area contributed by atoms with Crippen molar-refractivity contribution in [2.45, 2.75) is 63.1 Å². The van der Waals surface area contributed by atoms with Crippen LogP contribution in [0.4, 0.5) is 4.39 Å². The molecule has 2 N–H and O–H groups in total. The van der Waals surface area contributed by atoms with Gasteiger partial charge in [-0.1, -0.05) is 31.4 Å². The highest BCUT2D eigenvalue weighted by atomic mass is 19.1. The van der Waals surface area contributed by atoms with Crippen LogP contribution in [-0.4, -0.2) is 54.5 Å². The number of hydrogen-bond acceptors (Lipinski definition) is 5. The van der Waals surface area contributed by atoms with Gasteiger partial charge < -0.3 is 24.7 Å². The summed E-state index contributed by atoms with van der Waals surface area (Å²) in [6, 6.07) is 7.76. The first-order valence-corrected chi connectivity index (χ1v) is 12.3. The summed E-state index contributed by atoms with van der Waals surface area (Å²) >= 11 is 0. The zero-order chi connectivity index (χ0) is 24.6. The molecule has 2 heterocycles. The van der Waals surface area contributed by atoms with Crippen LogP contribution in [0.5, 0.6) is 0 Å². The third kappa shape index (κ3) is 6.69. The second kappa shape index (κ2) is 12.0. The Morgan fingerprint density at radius 3 is 2.46 bits per heavy atom. The van der Waals surface area contributed by atoms with Crippen LogP contribution in [0.1, 0.15) is 67.1 Å². The topological polar surface area (TPSA) is 101 Å². The smallest absolute Gasteiger partial charge is 0.287 e. The number of carbonyl (C=O) groups is 3. The molecule has 2 aromatic rings. The lowest BCUT2D eigenvalue weighted by Crippen LogP contribution is -2.51. The quantitative estimate of drug-likeness (QED) is 0.567. The normalized spacial score (nSPS) is 19.2. The Morgan fingerprint density at radius 2 is 1.80 bits per heavy atom. The lowest BCUT2D eigenvalue weighted by Gasteiger charge is -2.34. The molecule has 1 saturated heterocycles. The molecule has 1 aromatic carbocycles. The molecule has 2 fully saturated rings. The first-order chi connectivity index (χ1) is 17.0. The minimum absolute atomic E-state index is 0.0394. The van der Waals surface area contributed by atoms with Gasteiger partial charge in [-0.05, 0) is 55.5 Å². The molecule has 0 spiro atoms. The maximum Gasteiger partial charge on any atom is 0.287 e. The van der Waals surface area contributed by atoms with E-state index in [0.717, 1.165) is 44.9 Å². The van der Waals surface area contributed by atoms with Gasteiger partial charge in [-0.2, -0.15) is 0 Å². The molecule has 8 nitrogen and oxygen atoms in total. The molecule has 1 aliphatic carbocycles. The first kappa shape index (κ1) is 24.9. The van der Waals surface area contributed by atoms with Crippen LogP contribution in [0.3, 0.4) is 0 Å². The molecule has 0 unspecified atom stereocenters. The Bertz CT molecular complexity index is 983. The van der Waals surface area contributed by atoms with E-state index in [2.05, 4.69) is 10.6 Å². The highest BCUT2D eigenvalue weighted by Crippen LogP contribution is 2.26. The summed E-state index contributed by atoms with van der Waals surface area (Å²) in [5, 5.41) is 5.68. The molecular formula is C26H32FN3O5. The van der Waals surface area contributed by atoms with Crippen molar-refractivity contribution < 1.29 is 27.9 Å². The molecule has 2 aliphatic rings. The minimum atomic E-state index is -0.977. The number of halogens is 1. The fourth-order valence-electron chi connectivity index (χ4n) is 4.76. The first-order valence-electron chi connectivity index (χ1n) is 12.3. The van der Waals surface area contributed by atoms with Gasteiger partial charge in [-0.3, -0.25) is 14.4 Å². The van der Waals surface area contributed by atoms with E-state index in [1.807, 2.05) is 0 Å². The minimum Gasteiger partial charge on any atom is -0.459 e. The van der Waals surface area contributed by atoms with Crippen LogP contribution < -0.4 is 10.6 Å². The molecule has 4 rings (SSSR count). The van der Waals surface area contributed by atoms with Crippen LogP contribution in [0.15, 0.2) is 47.1 Å². The van der Waals surface area contributed by atoms with Crippen LogP contribution in [0.25, 0.3) is 0 Å². The van der Waals surface area contributed by atoms with E-state index in [1.54, 1.807) is 6.07 Å². The summed E-state index contributed by atoms with van der Waals surface area (Å²) in [6.07, 6.45) is 7.81. The standard InChI is InChI=1S/C26H32FN3O5/c27-19-12-10-18(11-13-19)24(26(33)29-20-6-2-1-3-7-20)30(17-21-8-4-14-34-21)23(31)16-28-25(32)22-9-5-15-35-22/h5,9-13,15,20-21,24H,1-4,6-8,14,16-17H2,(H,28,32)(H,29,33)/t21-,24+/m0/s1. The van der Waals surface area contributed by atoms with Crippen molar-refractivity contribution in [2.24, 2.45) is 0 Å². The van der Waals surface area contributed by atoms with Crippen LogP contribution in [0, 0.1) is 5.82 Å². The Hall–Kier alpha value is -3.20. The molecule has 1 saturated carbocycles. The van der Waals surface area contributed by atoms with E-state index in [1.165, 1.54) is 41.5 Å². The van der Waals surface area contributed by atoms with Gasteiger partial charge in [-0.15, -0.1) is 0 Å². The number of amides is 3. The van der Waals surface area contributed by atoms with E-state index >= 15 is 0 Å². The maximum absolute atomic E-state index is 13.7. The fraction of sp³-hybridized carbons (Fsp3) is 0.500. The highest BCUT2D eigenvalue weighted by molar-refractivity contribution is 5.95. The zero-order valence-electron chi connectivity index (χ0n) is 19.7. The third-order valence-corrected chi connectivity index (χ3v) is 6.59. The second-order valence-electron chi connectivity index (χ2n) is 9.14. The Kier molecular flexibility index (Phi) is 8.52. The van der Waals surface area contributed by atoms with Crippen molar-refractivity contribution in [1.82, 2.24) is 15.5 Å². The van der Waals surface area contributed by atoms with Crippen molar-refractivity contribution in [3.05, 3.63) is 59.8 Å².